The third-order valence-corrected chi connectivity index (χ3v) is 5.02. The molecule has 0 saturated carbocycles. The van der Waals surface area contributed by atoms with E-state index in [-0.39, 0.29) is 23.9 Å². The van der Waals surface area contributed by atoms with Crippen molar-refractivity contribution in [2.75, 3.05) is 25.3 Å². The fourth-order valence-corrected chi connectivity index (χ4v) is 3.93. The van der Waals surface area contributed by atoms with Crippen LogP contribution in [0, 0.1) is 6.92 Å². The highest BCUT2D eigenvalue weighted by atomic mass is 32.2. The number of anilines is 1. The lowest BCUT2D eigenvalue weighted by molar-refractivity contribution is -0.116. The Morgan fingerprint density at radius 2 is 2.16 bits per heavy atom. The molecular formula is C17H19N3O4S. The number of methoxy groups -OCH3 is 2. The second-order valence-electron chi connectivity index (χ2n) is 5.67. The molecule has 7 nitrogen and oxygen atoms in total. The fraction of sp³-hybridized carbons (Fsp3) is 0.353. The van der Waals surface area contributed by atoms with Crippen LogP contribution in [-0.4, -0.2) is 35.4 Å². The minimum Gasteiger partial charge on any atom is -0.497 e. The number of carbonyl (C=O) groups is 1. The van der Waals surface area contributed by atoms with Crippen molar-refractivity contribution < 1.29 is 14.3 Å². The summed E-state index contributed by atoms with van der Waals surface area (Å²) in [6, 6.07) is 6.46. The molecule has 0 radical (unpaired) electrons. The predicted octanol–water partition coefficient (Wildman–Crippen LogP) is 2.24. The standard InChI is InChI=1S/C17H19N3O4S/c1-10-6-16(22)20-11(9-25-17(20)18-10)7-15(21)19-13-8-12(23-2)4-5-14(13)24-3/h4-6,8,11H,7,9H2,1-3H3,(H,19,21). The summed E-state index contributed by atoms with van der Waals surface area (Å²) >= 11 is 1.49. The van der Waals surface area contributed by atoms with Crippen LogP contribution in [0.2, 0.25) is 0 Å². The molecule has 0 spiro atoms. The van der Waals surface area contributed by atoms with E-state index in [4.69, 9.17) is 9.47 Å². The van der Waals surface area contributed by atoms with Gasteiger partial charge in [0, 0.05) is 30.0 Å². The minimum atomic E-state index is -0.211. The number of fused-ring (bicyclic) bond motifs is 1. The third kappa shape index (κ3) is 3.63. The molecule has 1 atom stereocenters. The van der Waals surface area contributed by atoms with Gasteiger partial charge in [-0.1, -0.05) is 11.8 Å². The van der Waals surface area contributed by atoms with Crippen LogP contribution in [0.15, 0.2) is 34.2 Å². The first-order valence-corrected chi connectivity index (χ1v) is 8.75. The predicted molar refractivity (Wildman–Crippen MR) is 95.8 cm³/mol. The maximum absolute atomic E-state index is 12.5. The van der Waals surface area contributed by atoms with E-state index >= 15 is 0 Å². The van der Waals surface area contributed by atoms with Gasteiger partial charge in [0.2, 0.25) is 5.91 Å². The summed E-state index contributed by atoms with van der Waals surface area (Å²) in [5, 5.41) is 3.50. The fourth-order valence-electron chi connectivity index (χ4n) is 2.74. The lowest BCUT2D eigenvalue weighted by atomic mass is 10.2. The van der Waals surface area contributed by atoms with Crippen LogP contribution in [-0.2, 0) is 4.79 Å². The molecule has 1 aromatic carbocycles. The van der Waals surface area contributed by atoms with Crippen LogP contribution >= 0.6 is 11.8 Å². The maximum atomic E-state index is 12.5. The molecule has 1 aliphatic heterocycles. The average molecular weight is 361 g/mol. The molecule has 0 aliphatic carbocycles. The van der Waals surface area contributed by atoms with Gasteiger partial charge in [-0.3, -0.25) is 14.2 Å². The van der Waals surface area contributed by atoms with Gasteiger partial charge in [-0.25, -0.2) is 4.98 Å². The molecule has 1 aliphatic rings. The summed E-state index contributed by atoms with van der Waals surface area (Å²) in [6.45, 7) is 1.79. The van der Waals surface area contributed by atoms with Gasteiger partial charge in [-0.2, -0.15) is 0 Å². The number of hydrogen-bond donors (Lipinski definition) is 1. The monoisotopic (exact) mass is 361 g/mol. The van der Waals surface area contributed by atoms with Crippen LogP contribution in [0.3, 0.4) is 0 Å². The molecular weight excluding hydrogens is 342 g/mol. The lowest BCUT2D eigenvalue weighted by Crippen LogP contribution is -2.27. The zero-order chi connectivity index (χ0) is 18.0. The number of nitrogens with one attached hydrogen (secondary N) is 1. The highest BCUT2D eigenvalue weighted by Gasteiger charge is 2.27. The quantitative estimate of drug-likeness (QED) is 0.823. The lowest BCUT2D eigenvalue weighted by Gasteiger charge is -2.15. The van der Waals surface area contributed by atoms with Gasteiger partial charge in [0.25, 0.3) is 5.56 Å². The van der Waals surface area contributed by atoms with Crippen LogP contribution in [0.5, 0.6) is 11.5 Å². The number of amides is 1. The molecule has 2 aromatic rings. The van der Waals surface area contributed by atoms with Crippen molar-refractivity contribution in [2.45, 2.75) is 24.5 Å². The van der Waals surface area contributed by atoms with Crippen LogP contribution in [0.1, 0.15) is 18.2 Å². The molecule has 1 unspecified atom stereocenters. The van der Waals surface area contributed by atoms with Gasteiger partial charge in [0.15, 0.2) is 5.16 Å². The van der Waals surface area contributed by atoms with Crippen molar-refractivity contribution in [2.24, 2.45) is 0 Å². The van der Waals surface area contributed by atoms with Gasteiger partial charge in [-0.05, 0) is 19.1 Å². The molecule has 0 saturated heterocycles. The van der Waals surface area contributed by atoms with E-state index in [1.807, 2.05) is 0 Å². The summed E-state index contributed by atoms with van der Waals surface area (Å²) in [7, 11) is 3.09. The first-order chi connectivity index (χ1) is 12.0. The number of rotatable bonds is 5. The molecule has 0 bridgehead atoms. The van der Waals surface area contributed by atoms with Crippen molar-refractivity contribution in [1.29, 1.82) is 0 Å². The summed E-state index contributed by atoms with van der Waals surface area (Å²) in [6.07, 6.45) is 0.186. The number of ether oxygens (including phenoxy) is 2. The Labute approximate surface area is 149 Å². The second kappa shape index (κ2) is 7.18. The highest BCUT2D eigenvalue weighted by Crippen LogP contribution is 2.33. The number of aryl methyl sites for hydroxylation is 1. The molecule has 8 heteroatoms. The molecule has 132 valence electrons. The third-order valence-electron chi connectivity index (χ3n) is 3.92. The number of benzene rings is 1. The Kier molecular flexibility index (Phi) is 4.98. The van der Waals surface area contributed by atoms with Crippen molar-refractivity contribution in [3.05, 3.63) is 40.3 Å². The van der Waals surface area contributed by atoms with E-state index in [2.05, 4.69) is 10.3 Å². The number of nitrogens with zero attached hydrogens (tertiary/aromatic N) is 2. The zero-order valence-electron chi connectivity index (χ0n) is 14.2. The minimum absolute atomic E-state index is 0.121. The molecule has 1 aromatic heterocycles. The first kappa shape index (κ1) is 17.3. The molecule has 3 rings (SSSR count). The molecule has 25 heavy (non-hydrogen) atoms. The van der Waals surface area contributed by atoms with Gasteiger partial charge in [0.1, 0.15) is 11.5 Å². The summed E-state index contributed by atoms with van der Waals surface area (Å²) in [5.41, 5.74) is 1.10. The van der Waals surface area contributed by atoms with Crippen molar-refractivity contribution in [3.63, 3.8) is 0 Å². The van der Waals surface area contributed by atoms with Gasteiger partial charge in [0.05, 0.1) is 25.9 Å². The van der Waals surface area contributed by atoms with Crippen LogP contribution < -0.4 is 20.3 Å². The number of thioether (sulfide) groups is 1. The number of hydrogen-bond acceptors (Lipinski definition) is 6. The number of aromatic nitrogens is 2. The molecule has 1 N–H and O–H groups in total. The second-order valence-corrected chi connectivity index (χ2v) is 6.66. The van der Waals surface area contributed by atoms with Gasteiger partial charge >= 0.3 is 0 Å². The Bertz CT molecular complexity index is 865. The largest absolute Gasteiger partial charge is 0.497 e. The number of carbonyl (C=O) groups excluding carboxylic acids is 1. The summed E-state index contributed by atoms with van der Waals surface area (Å²) in [5.74, 6) is 1.62. The highest BCUT2D eigenvalue weighted by molar-refractivity contribution is 7.99. The maximum Gasteiger partial charge on any atom is 0.254 e. The van der Waals surface area contributed by atoms with Crippen LogP contribution in [0.25, 0.3) is 0 Å². The van der Waals surface area contributed by atoms with E-state index in [0.717, 1.165) is 0 Å². The summed E-state index contributed by atoms with van der Waals surface area (Å²) < 4.78 is 12.0. The molecule has 2 heterocycles. The van der Waals surface area contributed by atoms with E-state index in [9.17, 15) is 9.59 Å². The normalized spacial score (nSPS) is 15.6. The summed E-state index contributed by atoms with van der Waals surface area (Å²) in [4.78, 5) is 29.0. The van der Waals surface area contributed by atoms with Crippen LogP contribution in [0.4, 0.5) is 5.69 Å². The topological polar surface area (TPSA) is 82.5 Å². The van der Waals surface area contributed by atoms with E-state index in [1.165, 1.54) is 24.9 Å². The smallest absolute Gasteiger partial charge is 0.254 e. The zero-order valence-corrected chi connectivity index (χ0v) is 15.1. The average Bonchev–Trinajstić information content (AvgIpc) is 2.97. The molecule has 1 amide bonds. The van der Waals surface area contributed by atoms with Crippen molar-refractivity contribution in [1.82, 2.24) is 9.55 Å². The van der Waals surface area contributed by atoms with E-state index in [1.54, 1.807) is 36.8 Å². The van der Waals surface area contributed by atoms with Crippen molar-refractivity contribution in [3.8, 4) is 11.5 Å². The Morgan fingerprint density at radius 1 is 1.36 bits per heavy atom. The van der Waals surface area contributed by atoms with Gasteiger partial charge < -0.3 is 14.8 Å². The van der Waals surface area contributed by atoms with E-state index < -0.39 is 0 Å². The Hall–Kier alpha value is -2.48. The van der Waals surface area contributed by atoms with Gasteiger partial charge in [-0.15, -0.1) is 0 Å². The SMILES string of the molecule is COc1ccc(OC)c(NC(=O)CC2CSc3nc(C)cc(=O)n32)c1. The Balaban J connectivity index is 1.76. The Morgan fingerprint density at radius 3 is 2.88 bits per heavy atom. The van der Waals surface area contributed by atoms with E-state index in [0.29, 0.717) is 33.8 Å². The van der Waals surface area contributed by atoms with Crippen molar-refractivity contribution >= 4 is 23.4 Å². The first-order valence-electron chi connectivity index (χ1n) is 7.76. The molecule has 0 fully saturated rings.